The van der Waals surface area contributed by atoms with Gasteiger partial charge in [0.1, 0.15) is 12.2 Å². The van der Waals surface area contributed by atoms with Gasteiger partial charge in [-0.3, -0.25) is 4.79 Å². The lowest BCUT2D eigenvalue weighted by Crippen LogP contribution is -2.47. The quantitative estimate of drug-likeness (QED) is 0.777. The van der Waals surface area contributed by atoms with Gasteiger partial charge in [-0.2, -0.15) is 0 Å². The number of nitrogens with zero attached hydrogens (tertiary/aromatic N) is 3. The maximum Gasteiger partial charge on any atom is 0.224 e. The summed E-state index contributed by atoms with van der Waals surface area (Å²) in [5.74, 6) is 1.06. The molecule has 1 aromatic heterocycles. The maximum atomic E-state index is 12.5. The Bertz CT molecular complexity index is 687. The van der Waals surface area contributed by atoms with Crippen LogP contribution in [0.15, 0.2) is 6.33 Å². The number of aryl methyl sites for hydroxylation is 1. The molecule has 2 N–H and O–H groups in total. The van der Waals surface area contributed by atoms with E-state index in [2.05, 4.69) is 20.2 Å². The summed E-state index contributed by atoms with van der Waals surface area (Å²) < 4.78 is 27.7. The van der Waals surface area contributed by atoms with E-state index in [9.17, 15) is 13.2 Å². The number of hydrogen-bond donors (Lipinski definition) is 2. The molecular formula is C15H25N5O3S. The molecule has 2 aliphatic rings. The first kappa shape index (κ1) is 17.3. The standard InChI is InChI=1S/C15H25N5O3S/c1-24(22,23)19-13-5-3-2-4-11(13)8-16-15(21)12-6-7-14-18-17-10-20(14)9-12/h10-13,19H,2-9H2,1H3,(H,16,21). The van der Waals surface area contributed by atoms with Crippen molar-refractivity contribution in [2.75, 3.05) is 12.8 Å². The molecule has 1 aliphatic heterocycles. The number of amides is 1. The fourth-order valence-corrected chi connectivity index (χ4v) is 4.59. The second-order valence-corrected chi connectivity index (χ2v) is 8.70. The van der Waals surface area contributed by atoms with E-state index in [1.54, 1.807) is 6.33 Å². The van der Waals surface area contributed by atoms with Gasteiger partial charge in [-0.05, 0) is 25.2 Å². The van der Waals surface area contributed by atoms with Crippen LogP contribution in [0.3, 0.4) is 0 Å². The molecule has 1 fully saturated rings. The Morgan fingerprint density at radius 2 is 2.12 bits per heavy atom. The van der Waals surface area contributed by atoms with Crippen molar-refractivity contribution in [3.63, 3.8) is 0 Å². The number of aromatic nitrogens is 3. The van der Waals surface area contributed by atoms with E-state index in [-0.39, 0.29) is 23.8 Å². The van der Waals surface area contributed by atoms with E-state index in [0.29, 0.717) is 13.1 Å². The summed E-state index contributed by atoms with van der Waals surface area (Å²) in [4.78, 5) is 12.5. The Balaban J connectivity index is 1.53. The third-order valence-corrected chi connectivity index (χ3v) is 5.74. The Labute approximate surface area is 142 Å². The van der Waals surface area contributed by atoms with E-state index in [1.165, 1.54) is 6.26 Å². The maximum absolute atomic E-state index is 12.5. The molecule has 0 saturated heterocycles. The summed E-state index contributed by atoms with van der Waals surface area (Å²) in [7, 11) is -3.22. The fourth-order valence-electron chi connectivity index (χ4n) is 3.73. The zero-order valence-electron chi connectivity index (χ0n) is 13.9. The van der Waals surface area contributed by atoms with Gasteiger partial charge in [0.25, 0.3) is 0 Å². The van der Waals surface area contributed by atoms with E-state index < -0.39 is 10.0 Å². The van der Waals surface area contributed by atoms with Crippen LogP contribution in [0.5, 0.6) is 0 Å². The average molecular weight is 355 g/mol. The van der Waals surface area contributed by atoms with Crippen LogP contribution in [0.2, 0.25) is 0 Å². The highest BCUT2D eigenvalue weighted by atomic mass is 32.2. The number of hydrogen-bond acceptors (Lipinski definition) is 5. The topological polar surface area (TPSA) is 106 Å². The van der Waals surface area contributed by atoms with Gasteiger partial charge in [-0.25, -0.2) is 13.1 Å². The Kier molecular flexibility index (Phi) is 5.19. The van der Waals surface area contributed by atoms with Crippen LogP contribution >= 0.6 is 0 Å². The number of rotatable bonds is 5. The first-order chi connectivity index (χ1) is 11.4. The van der Waals surface area contributed by atoms with Gasteiger partial charge >= 0.3 is 0 Å². The summed E-state index contributed by atoms with van der Waals surface area (Å²) in [6, 6.07) is -0.0788. The highest BCUT2D eigenvalue weighted by molar-refractivity contribution is 7.88. The van der Waals surface area contributed by atoms with Crippen molar-refractivity contribution in [1.82, 2.24) is 24.8 Å². The number of carbonyl (C=O) groups excluding carboxylic acids is 1. The number of carbonyl (C=O) groups is 1. The van der Waals surface area contributed by atoms with Gasteiger partial charge in [0.2, 0.25) is 15.9 Å². The lowest BCUT2D eigenvalue weighted by molar-refractivity contribution is -0.126. The van der Waals surface area contributed by atoms with Crippen molar-refractivity contribution in [3.8, 4) is 0 Å². The monoisotopic (exact) mass is 355 g/mol. The summed E-state index contributed by atoms with van der Waals surface area (Å²) >= 11 is 0. The molecule has 1 amide bonds. The fraction of sp³-hybridized carbons (Fsp3) is 0.800. The predicted molar refractivity (Wildman–Crippen MR) is 88.6 cm³/mol. The minimum absolute atomic E-state index is 0.0398. The summed E-state index contributed by atoms with van der Waals surface area (Å²) in [6.07, 6.45) is 8.28. The van der Waals surface area contributed by atoms with Gasteiger partial charge in [-0.15, -0.1) is 10.2 Å². The molecule has 3 atom stereocenters. The van der Waals surface area contributed by atoms with Crippen molar-refractivity contribution >= 4 is 15.9 Å². The second kappa shape index (κ2) is 7.18. The van der Waals surface area contributed by atoms with Crippen molar-refractivity contribution in [3.05, 3.63) is 12.2 Å². The molecule has 8 nitrogen and oxygen atoms in total. The van der Waals surface area contributed by atoms with Crippen LogP contribution in [0.1, 0.15) is 37.9 Å². The molecule has 0 bridgehead atoms. The number of fused-ring (bicyclic) bond motifs is 1. The largest absolute Gasteiger partial charge is 0.355 e. The van der Waals surface area contributed by atoms with Gasteiger partial charge in [0, 0.05) is 25.6 Å². The zero-order chi connectivity index (χ0) is 17.2. The molecule has 3 unspecified atom stereocenters. The van der Waals surface area contributed by atoms with Crippen molar-refractivity contribution < 1.29 is 13.2 Å². The summed E-state index contributed by atoms with van der Waals surface area (Å²) in [5, 5.41) is 10.9. The van der Waals surface area contributed by atoms with Crippen molar-refractivity contribution in [2.24, 2.45) is 11.8 Å². The Morgan fingerprint density at radius 1 is 1.33 bits per heavy atom. The summed E-state index contributed by atoms with van der Waals surface area (Å²) in [5.41, 5.74) is 0. The third kappa shape index (κ3) is 4.32. The predicted octanol–water partition coefficient (Wildman–Crippen LogP) is 0.0647. The first-order valence-electron chi connectivity index (χ1n) is 8.54. The minimum Gasteiger partial charge on any atom is -0.355 e. The van der Waals surface area contributed by atoms with Crippen LogP contribution < -0.4 is 10.0 Å². The molecule has 9 heteroatoms. The average Bonchev–Trinajstić information content (AvgIpc) is 2.99. The number of sulfonamides is 1. The number of nitrogens with one attached hydrogen (secondary N) is 2. The molecule has 1 aromatic rings. The van der Waals surface area contributed by atoms with Gasteiger partial charge < -0.3 is 9.88 Å². The Hall–Kier alpha value is -1.48. The van der Waals surface area contributed by atoms with Crippen LogP contribution in [-0.2, 0) is 27.8 Å². The van der Waals surface area contributed by atoms with E-state index >= 15 is 0 Å². The van der Waals surface area contributed by atoms with E-state index in [4.69, 9.17) is 0 Å². The van der Waals surface area contributed by atoms with Crippen LogP contribution in [0.25, 0.3) is 0 Å². The summed E-state index contributed by atoms with van der Waals surface area (Å²) in [6.45, 7) is 1.14. The molecule has 0 aromatic carbocycles. The van der Waals surface area contributed by atoms with E-state index in [1.807, 2.05) is 4.57 Å². The molecule has 1 saturated carbocycles. The smallest absolute Gasteiger partial charge is 0.224 e. The highest BCUT2D eigenvalue weighted by Gasteiger charge is 2.30. The highest BCUT2D eigenvalue weighted by Crippen LogP contribution is 2.25. The molecule has 2 heterocycles. The van der Waals surface area contributed by atoms with Crippen LogP contribution in [-0.4, -0.2) is 47.9 Å². The molecule has 0 spiro atoms. The molecule has 134 valence electrons. The molecule has 3 rings (SSSR count). The Morgan fingerprint density at radius 3 is 2.92 bits per heavy atom. The van der Waals surface area contributed by atoms with Gasteiger partial charge in [-0.1, -0.05) is 12.8 Å². The van der Waals surface area contributed by atoms with Crippen molar-refractivity contribution in [2.45, 2.75) is 51.1 Å². The van der Waals surface area contributed by atoms with Crippen molar-refractivity contribution in [1.29, 1.82) is 0 Å². The first-order valence-corrected chi connectivity index (χ1v) is 10.4. The van der Waals surface area contributed by atoms with Crippen LogP contribution in [0.4, 0.5) is 0 Å². The van der Waals surface area contributed by atoms with Gasteiger partial charge in [0.05, 0.1) is 12.2 Å². The molecule has 1 aliphatic carbocycles. The van der Waals surface area contributed by atoms with E-state index in [0.717, 1.165) is 44.3 Å². The molecular weight excluding hydrogens is 330 g/mol. The molecule has 24 heavy (non-hydrogen) atoms. The SMILES string of the molecule is CS(=O)(=O)NC1CCCCC1CNC(=O)C1CCc2nncn2C1. The molecule has 0 radical (unpaired) electrons. The van der Waals surface area contributed by atoms with Crippen LogP contribution in [0, 0.1) is 11.8 Å². The minimum atomic E-state index is -3.22. The lowest BCUT2D eigenvalue weighted by Gasteiger charge is -2.32. The lowest BCUT2D eigenvalue weighted by atomic mass is 9.85. The zero-order valence-corrected chi connectivity index (χ0v) is 14.8. The second-order valence-electron chi connectivity index (χ2n) is 6.92. The van der Waals surface area contributed by atoms with Gasteiger partial charge in [0.15, 0.2) is 0 Å². The normalized spacial score (nSPS) is 27.5. The third-order valence-electron chi connectivity index (χ3n) is 5.01.